The van der Waals surface area contributed by atoms with Crippen molar-refractivity contribution >= 4 is 28.9 Å². The summed E-state index contributed by atoms with van der Waals surface area (Å²) in [7, 11) is 1.57. The van der Waals surface area contributed by atoms with Crippen molar-refractivity contribution in [3.63, 3.8) is 0 Å². The smallest absolute Gasteiger partial charge is 0.292 e. The van der Waals surface area contributed by atoms with E-state index in [0.717, 1.165) is 5.69 Å². The van der Waals surface area contributed by atoms with Crippen LogP contribution in [-0.2, 0) is 0 Å². The van der Waals surface area contributed by atoms with Crippen LogP contribution in [0.4, 0.5) is 5.69 Å². The maximum absolute atomic E-state index is 12.7. The Hall–Kier alpha value is -3.46. The molecule has 0 bridgehead atoms. The number of anilines is 1. The number of para-hydroxylation sites is 1. The maximum atomic E-state index is 12.7. The van der Waals surface area contributed by atoms with Crippen LogP contribution in [0.5, 0.6) is 5.75 Å². The molecule has 0 aliphatic carbocycles. The number of benzene rings is 2. The largest absolute Gasteiger partial charge is 0.497 e. The summed E-state index contributed by atoms with van der Waals surface area (Å²) in [5, 5.41) is 9.35. The highest BCUT2D eigenvalue weighted by atomic mass is 32.1. The van der Waals surface area contributed by atoms with Crippen LogP contribution in [0.3, 0.4) is 0 Å². The normalized spacial score (nSPS) is 10.3. The monoisotopic (exact) mass is 382 g/mol. The number of aromatic nitrogens is 3. The third-order valence-corrected chi connectivity index (χ3v) is 4.06. The van der Waals surface area contributed by atoms with E-state index in [1.807, 2.05) is 30.3 Å². The molecule has 3 rings (SSSR count). The summed E-state index contributed by atoms with van der Waals surface area (Å²) in [4.78, 5) is 12.7. The Kier molecular flexibility index (Phi) is 5.32. The van der Waals surface area contributed by atoms with Crippen molar-refractivity contribution < 1.29 is 9.53 Å². The first-order valence-corrected chi connectivity index (χ1v) is 8.44. The molecule has 3 aromatic rings. The van der Waals surface area contributed by atoms with Gasteiger partial charge in [0.05, 0.1) is 24.2 Å². The van der Waals surface area contributed by atoms with E-state index >= 15 is 0 Å². The highest BCUT2D eigenvalue weighted by Crippen LogP contribution is 2.18. The van der Waals surface area contributed by atoms with Crippen molar-refractivity contribution in [2.24, 2.45) is 5.73 Å². The summed E-state index contributed by atoms with van der Waals surface area (Å²) >= 11 is 5.06. The third kappa shape index (κ3) is 3.87. The van der Waals surface area contributed by atoms with Gasteiger partial charge in [-0.1, -0.05) is 23.4 Å². The number of nitrogens with zero attached hydrogens (tertiary/aromatic N) is 4. The molecule has 1 heterocycles. The maximum Gasteiger partial charge on any atom is 0.292 e. The molecule has 0 saturated carbocycles. The molecule has 0 saturated heterocycles. The molecular formula is C18H18N6O2S. The number of methoxy groups -OCH3 is 1. The van der Waals surface area contributed by atoms with Crippen molar-refractivity contribution in [2.45, 2.75) is 6.92 Å². The number of ether oxygens (including phenoxy) is 1. The predicted molar refractivity (Wildman–Crippen MR) is 106 cm³/mol. The topological polar surface area (TPSA) is 98.3 Å². The molecule has 0 fully saturated rings. The molecular weight excluding hydrogens is 364 g/mol. The molecule has 0 unspecified atom stereocenters. The quantitative estimate of drug-likeness (QED) is 0.526. The molecule has 1 aromatic heterocycles. The highest BCUT2D eigenvalue weighted by Gasteiger charge is 2.21. The predicted octanol–water partition coefficient (Wildman–Crippen LogP) is 1.98. The second-order valence-electron chi connectivity index (χ2n) is 5.58. The number of thiocarbonyl (C=S) groups is 1. The number of hydrazine groups is 1. The number of hydrogen-bond acceptors (Lipinski definition) is 5. The Morgan fingerprint density at radius 2 is 1.85 bits per heavy atom. The van der Waals surface area contributed by atoms with Gasteiger partial charge in [-0.2, -0.15) is 0 Å². The van der Waals surface area contributed by atoms with E-state index in [0.29, 0.717) is 17.1 Å². The average molecular weight is 382 g/mol. The number of carbonyl (C=O) groups excluding carboxylic acids is 1. The van der Waals surface area contributed by atoms with Gasteiger partial charge in [-0.15, -0.1) is 5.10 Å². The van der Waals surface area contributed by atoms with Gasteiger partial charge in [-0.3, -0.25) is 10.2 Å². The van der Waals surface area contributed by atoms with Crippen molar-refractivity contribution in [3.05, 3.63) is 66.0 Å². The first-order valence-electron chi connectivity index (χ1n) is 8.03. The summed E-state index contributed by atoms with van der Waals surface area (Å²) in [5.74, 6) is 0.202. The molecule has 8 nitrogen and oxygen atoms in total. The molecule has 27 heavy (non-hydrogen) atoms. The van der Waals surface area contributed by atoms with Gasteiger partial charge >= 0.3 is 0 Å². The fourth-order valence-corrected chi connectivity index (χ4v) is 2.64. The minimum Gasteiger partial charge on any atom is -0.497 e. The minimum atomic E-state index is -0.474. The van der Waals surface area contributed by atoms with E-state index in [2.05, 4.69) is 15.7 Å². The van der Waals surface area contributed by atoms with Crippen LogP contribution in [-0.4, -0.2) is 33.1 Å². The first-order chi connectivity index (χ1) is 13.0. The Bertz CT molecular complexity index is 956. The van der Waals surface area contributed by atoms with Gasteiger partial charge in [0.25, 0.3) is 5.91 Å². The van der Waals surface area contributed by atoms with Crippen LogP contribution >= 0.6 is 12.2 Å². The zero-order valence-electron chi connectivity index (χ0n) is 14.8. The summed E-state index contributed by atoms with van der Waals surface area (Å²) in [5.41, 5.74) is 10.6. The van der Waals surface area contributed by atoms with Crippen LogP contribution in [0.2, 0.25) is 0 Å². The standard InChI is InChI=1S/C18H18N6O2S/c1-12-16(20-22-23(12)13-6-4-3-5-7-13)17(25)21-24(18(19)27)14-8-10-15(26-2)11-9-14/h3-11H,1-2H3,(H2,19,27)(H,21,25). The van der Waals surface area contributed by atoms with E-state index in [1.54, 1.807) is 43.0 Å². The van der Waals surface area contributed by atoms with Gasteiger partial charge in [-0.25, -0.2) is 9.69 Å². The fraction of sp³-hybridized carbons (Fsp3) is 0.111. The number of nitrogens with two attached hydrogens (primary N) is 1. The summed E-state index contributed by atoms with van der Waals surface area (Å²) in [6.07, 6.45) is 0. The number of nitrogens with one attached hydrogen (secondary N) is 1. The van der Waals surface area contributed by atoms with Crippen molar-refractivity contribution in [3.8, 4) is 11.4 Å². The van der Waals surface area contributed by atoms with Gasteiger partial charge in [0.1, 0.15) is 5.75 Å². The summed E-state index contributed by atoms with van der Waals surface area (Å²) in [6, 6.07) is 16.4. The number of hydrogen-bond donors (Lipinski definition) is 2. The lowest BCUT2D eigenvalue weighted by Gasteiger charge is -2.23. The Balaban J connectivity index is 1.84. The van der Waals surface area contributed by atoms with Crippen molar-refractivity contribution in [2.75, 3.05) is 12.1 Å². The van der Waals surface area contributed by atoms with E-state index in [4.69, 9.17) is 22.7 Å². The average Bonchev–Trinajstić information content (AvgIpc) is 3.08. The van der Waals surface area contributed by atoms with Crippen LogP contribution in [0.1, 0.15) is 16.2 Å². The molecule has 3 N–H and O–H groups in total. The van der Waals surface area contributed by atoms with Gasteiger partial charge < -0.3 is 10.5 Å². The highest BCUT2D eigenvalue weighted by molar-refractivity contribution is 7.80. The first kappa shape index (κ1) is 18.3. The van der Waals surface area contributed by atoms with Crippen LogP contribution in [0.25, 0.3) is 5.69 Å². The molecule has 9 heteroatoms. The van der Waals surface area contributed by atoms with Gasteiger partial charge in [0, 0.05) is 0 Å². The van der Waals surface area contributed by atoms with Crippen molar-refractivity contribution in [1.29, 1.82) is 0 Å². The third-order valence-electron chi connectivity index (χ3n) is 3.87. The number of rotatable bonds is 4. The van der Waals surface area contributed by atoms with Crippen molar-refractivity contribution in [1.82, 2.24) is 20.4 Å². The second-order valence-corrected chi connectivity index (χ2v) is 6.00. The summed E-state index contributed by atoms with van der Waals surface area (Å²) in [6.45, 7) is 1.76. The number of amides is 1. The Morgan fingerprint density at radius 1 is 1.19 bits per heavy atom. The lowest BCUT2D eigenvalue weighted by Crippen LogP contribution is -2.49. The van der Waals surface area contributed by atoms with Crippen LogP contribution in [0, 0.1) is 6.92 Å². The molecule has 0 aliphatic heterocycles. The van der Waals surface area contributed by atoms with E-state index < -0.39 is 5.91 Å². The second kappa shape index (κ2) is 7.83. The van der Waals surface area contributed by atoms with E-state index in [-0.39, 0.29) is 10.8 Å². The van der Waals surface area contributed by atoms with Gasteiger partial charge in [-0.05, 0) is 55.5 Å². The molecule has 0 radical (unpaired) electrons. The van der Waals surface area contributed by atoms with E-state index in [1.165, 1.54) is 5.01 Å². The van der Waals surface area contributed by atoms with E-state index in [9.17, 15) is 4.79 Å². The SMILES string of the molecule is COc1ccc(N(NC(=O)c2nnn(-c3ccccc3)c2C)C(N)=S)cc1. The van der Waals surface area contributed by atoms with Crippen LogP contribution < -0.4 is 20.9 Å². The molecule has 0 aliphatic rings. The Morgan fingerprint density at radius 3 is 2.44 bits per heavy atom. The van der Waals surface area contributed by atoms with Gasteiger partial charge in [0.2, 0.25) is 0 Å². The van der Waals surface area contributed by atoms with Gasteiger partial charge in [0.15, 0.2) is 10.8 Å². The summed E-state index contributed by atoms with van der Waals surface area (Å²) < 4.78 is 6.72. The lowest BCUT2D eigenvalue weighted by molar-refractivity contribution is 0.0949. The number of carbonyl (C=O) groups is 1. The Labute approximate surface area is 161 Å². The molecule has 138 valence electrons. The zero-order valence-corrected chi connectivity index (χ0v) is 15.6. The lowest BCUT2D eigenvalue weighted by atomic mass is 10.3. The fourth-order valence-electron chi connectivity index (χ4n) is 2.49. The molecule has 0 atom stereocenters. The minimum absolute atomic E-state index is 0.0124. The molecule has 2 aromatic carbocycles. The van der Waals surface area contributed by atoms with Crippen LogP contribution in [0.15, 0.2) is 54.6 Å². The molecule has 0 spiro atoms. The molecule has 1 amide bonds. The zero-order chi connectivity index (χ0) is 19.4.